The smallest absolute Gasteiger partial charge is 0.209 e. The number of nitrogens with zero attached hydrogens (tertiary/aromatic N) is 5. The molecular weight excluding hydrogens is 278 g/mol. The third-order valence-corrected chi connectivity index (χ3v) is 2.85. The monoisotopic (exact) mass is 293 g/mol. The summed E-state index contributed by atoms with van der Waals surface area (Å²) in [5.74, 6) is 0.387. The van der Waals surface area contributed by atoms with Gasteiger partial charge in [-0.1, -0.05) is 0 Å². The molecule has 0 spiro atoms. The number of rotatable bonds is 5. The average molecular weight is 293 g/mol. The first kappa shape index (κ1) is 15.1. The van der Waals surface area contributed by atoms with Gasteiger partial charge in [-0.15, -0.1) is 0 Å². The van der Waals surface area contributed by atoms with E-state index in [1.54, 1.807) is 36.8 Å². The van der Waals surface area contributed by atoms with Crippen molar-refractivity contribution in [1.29, 1.82) is 10.5 Å². The fourth-order valence-corrected chi connectivity index (χ4v) is 1.79. The van der Waals surface area contributed by atoms with E-state index >= 15 is 0 Å². The van der Waals surface area contributed by atoms with Crippen molar-refractivity contribution in [2.45, 2.75) is 13.0 Å². The topological polar surface area (TPSA) is 102 Å². The van der Waals surface area contributed by atoms with Crippen molar-refractivity contribution in [3.8, 4) is 12.3 Å². The Morgan fingerprint density at radius 1 is 1.27 bits per heavy atom. The highest BCUT2D eigenvalue weighted by molar-refractivity contribution is 5.94. The van der Waals surface area contributed by atoms with Gasteiger partial charge in [-0.25, -0.2) is 4.98 Å². The molecule has 1 heterocycles. The molecule has 0 saturated carbocycles. The van der Waals surface area contributed by atoms with Crippen LogP contribution in [-0.4, -0.2) is 22.1 Å². The molecule has 2 N–H and O–H groups in total. The molecule has 7 heteroatoms. The van der Waals surface area contributed by atoms with Crippen molar-refractivity contribution in [2.75, 3.05) is 11.9 Å². The number of aromatic nitrogens is 2. The SMILES string of the molecule is N#CNC(=NCCCn1ccnc1)Nc1ccc(C#N)cc1. The summed E-state index contributed by atoms with van der Waals surface area (Å²) in [7, 11) is 0. The van der Waals surface area contributed by atoms with Crippen LogP contribution in [0.4, 0.5) is 5.69 Å². The van der Waals surface area contributed by atoms with E-state index in [9.17, 15) is 0 Å². The molecule has 2 rings (SSSR count). The molecular formula is C15H15N7. The van der Waals surface area contributed by atoms with Gasteiger partial charge in [0.2, 0.25) is 5.96 Å². The van der Waals surface area contributed by atoms with Crippen LogP contribution in [0.5, 0.6) is 0 Å². The van der Waals surface area contributed by atoms with Gasteiger partial charge in [-0.2, -0.15) is 10.5 Å². The second kappa shape index (κ2) is 8.08. The Balaban J connectivity index is 1.89. The number of guanidine groups is 1. The number of nitrogens with one attached hydrogen (secondary N) is 2. The summed E-state index contributed by atoms with van der Waals surface area (Å²) in [5.41, 5.74) is 1.34. The van der Waals surface area contributed by atoms with Gasteiger partial charge in [0.05, 0.1) is 18.0 Å². The van der Waals surface area contributed by atoms with Crippen molar-refractivity contribution in [3.63, 3.8) is 0 Å². The van der Waals surface area contributed by atoms with Crippen LogP contribution in [0.3, 0.4) is 0 Å². The normalized spacial score (nSPS) is 10.5. The van der Waals surface area contributed by atoms with Crippen LogP contribution in [0.15, 0.2) is 48.0 Å². The number of imidazole rings is 1. The maximum atomic E-state index is 8.77. The summed E-state index contributed by atoms with van der Waals surface area (Å²) < 4.78 is 1.97. The van der Waals surface area contributed by atoms with Crippen LogP contribution in [0, 0.1) is 22.8 Å². The summed E-state index contributed by atoms with van der Waals surface area (Å²) >= 11 is 0. The van der Waals surface area contributed by atoms with E-state index in [0.29, 0.717) is 18.1 Å². The van der Waals surface area contributed by atoms with Crippen LogP contribution in [0.1, 0.15) is 12.0 Å². The minimum atomic E-state index is 0.387. The molecule has 2 aromatic rings. The van der Waals surface area contributed by atoms with Crippen LogP contribution >= 0.6 is 0 Å². The van der Waals surface area contributed by atoms with Gasteiger partial charge in [-0.3, -0.25) is 10.3 Å². The zero-order chi connectivity index (χ0) is 15.6. The Morgan fingerprint density at radius 3 is 2.73 bits per heavy atom. The maximum Gasteiger partial charge on any atom is 0.209 e. The zero-order valence-corrected chi connectivity index (χ0v) is 11.9. The van der Waals surface area contributed by atoms with Crippen molar-refractivity contribution in [1.82, 2.24) is 14.9 Å². The maximum absolute atomic E-state index is 8.77. The molecule has 0 saturated heterocycles. The first-order valence-corrected chi connectivity index (χ1v) is 6.74. The molecule has 1 aromatic heterocycles. The number of hydrogen-bond donors (Lipinski definition) is 2. The minimum Gasteiger partial charge on any atom is -0.337 e. The van der Waals surface area contributed by atoms with Gasteiger partial charge in [0.1, 0.15) is 0 Å². The second-order valence-electron chi connectivity index (χ2n) is 4.44. The third kappa shape index (κ3) is 4.66. The highest BCUT2D eigenvalue weighted by Crippen LogP contribution is 2.08. The molecule has 0 bridgehead atoms. The fourth-order valence-electron chi connectivity index (χ4n) is 1.79. The second-order valence-corrected chi connectivity index (χ2v) is 4.44. The van der Waals surface area contributed by atoms with Gasteiger partial charge < -0.3 is 9.88 Å². The van der Waals surface area contributed by atoms with E-state index in [1.807, 2.05) is 17.0 Å². The molecule has 110 valence electrons. The largest absolute Gasteiger partial charge is 0.337 e. The summed E-state index contributed by atoms with van der Waals surface area (Å²) in [4.78, 5) is 8.30. The zero-order valence-electron chi connectivity index (χ0n) is 11.9. The molecule has 0 amide bonds. The van der Waals surface area contributed by atoms with Crippen LogP contribution in [0.2, 0.25) is 0 Å². The van der Waals surface area contributed by atoms with Gasteiger partial charge in [0.15, 0.2) is 6.19 Å². The lowest BCUT2D eigenvalue weighted by atomic mass is 10.2. The van der Waals surface area contributed by atoms with E-state index in [1.165, 1.54) is 0 Å². The van der Waals surface area contributed by atoms with Crippen LogP contribution in [0.25, 0.3) is 0 Å². The lowest BCUT2D eigenvalue weighted by Gasteiger charge is -2.08. The van der Waals surface area contributed by atoms with Crippen molar-refractivity contribution < 1.29 is 0 Å². The summed E-state index contributed by atoms with van der Waals surface area (Å²) in [5, 5.41) is 23.1. The van der Waals surface area contributed by atoms with Crippen molar-refractivity contribution in [2.24, 2.45) is 4.99 Å². The van der Waals surface area contributed by atoms with Crippen molar-refractivity contribution in [3.05, 3.63) is 48.5 Å². The molecule has 0 aliphatic rings. The lowest BCUT2D eigenvalue weighted by Crippen LogP contribution is -2.27. The number of benzene rings is 1. The number of hydrogen-bond acceptors (Lipinski definition) is 4. The Morgan fingerprint density at radius 2 is 2.09 bits per heavy atom. The number of anilines is 1. The Hall–Kier alpha value is -3.32. The van der Waals surface area contributed by atoms with Gasteiger partial charge >= 0.3 is 0 Å². The minimum absolute atomic E-state index is 0.387. The summed E-state index contributed by atoms with van der Waals surface area (Å²) in [6, 6.07) is 8.98. The standard InChI is InChI=1S/C15H15N7/c16-10-13-2-4-14(5-3-13)21-15(20-11-17)19-6-1-8-22-9-7-18-12-22/h2-5,7,9,12H,1,6,8H2,(H2,19,20,21). The third-order valence-electron chi connectivity index (χ3n) is 2.85. The van der Waals surface area contributed by atoms with Crippen molar-refractivity contribution >= 4 is 11.6 Å². The Kier molecular flexibility index (Phi) is 5.53. The van der Waals surface area contributed by atoms with Crippen LogP contribution in [-0.2, 0) is 6.54 Å². The first-order valence-electron chi connectivity index (χ1n) is 6.74. The molecule has 7 nitrogen and oxygen atoms in total. The molecule has 1 aromatic carbocycles. The highest BCUT2D eigenvalue weighted by Gasteiger charge is 1.99. The number of aliphatic imine (C=N–C) groups is 1. The van der Waals surface area contributed by atoms with E-state index < -0.39 is 0 Å². The molecule has 0 aliphatic carbocycles. The Bertz CT molecular complexity index is 687. The highest BCUT2D eigenvalue weighted by atomic mass is 15.2. The molecule has 0 aliphatic heterocycles. The Labute approximate surface area is 128 Å². The molecule has 22 heavy (non-hydrogen) atoms. The molecule has 0 atom stereocenters. The van der Waals surface area contributed by atoms with E-state index in [2.05, 4.69) is 26.7 Å². The summed E-state index contributed by atoms with van der Waals surface area (Å²) in [6.07, 6.45) is 8.08. The summed E-state index contributed by atoms with van der Waals surface area (Å²) in [6.45, 7) is 1.39. The van der Waals surface area contributed by atoms with Gasteiger partial charge in [0, 0.05) is 31.2 Å². The fraction of sp³-hybridized carbons (Fsp3) is 0.200. The molecule has 0 fully saturated rings. The molecule has 0 unspecified atom stereocenters. The predicted octanol–water partition coefficient (Wildman–Crippen LogP) is 1.68. The van der Waals surface area contributed by atoms with E-state index in [-0.39, 0.29) is 0 Å². The van der Waals surface area contributed by atoms with E-state index in [0.717, 1.165) is 18.7 Å². The molecule has 0 radical (unpaired) electrons. The van der Waals surface area contributed by atoms with Gasteiger partial charge in [-0.05, 0) is 30.7 Å². The quantitative estimate of drug-likeness (QED) is 0.287. The number of nitriles is 2. The lowest BCUT2D eigenvalue weighted by molar-refractivity contribution is 0.650. The average Bonchev–Trinajstić information content (AvgIpc) is 3.06. The van der Waals surface area contributed by atoms with Crippen LogP contribution < -0.4 is 10.6 Å². The predicted molar refractivity (Wildman–Crippen MR) is 82.7 cm³/mol. The number of aryl methyl sites for hydroxylation is 1. The van der Waals surface area contributed by atoms with Gasteiger partial charge in [0.25, 0.3) is 0 Å². The first-order chi connectivity index (χ1) is 10.8. The van der Waals surface area contributed by atoms with E-state index in [4.69, 9.17) is 10.5 Å².